The summed E-state index contributed by atoms with van der Waals surface area (Å²) in [5.41, 5.74) is 0. The van der Waals surface area contributed by atoms with Gasteiger partial charge in [0.05, 0.1) is 0 Å². The molecule has 0 radical (unpaired) electrons. The highest BCUT2D eigenvalue weighted by molar-refractivity contribution is 7.19. The van der Waals surface area contributed by atoms with E-state index < -0.39 is 6.10 Å². The molecular formula is C18H19NO2S2. The molecule has 0 spiro atoms. The molecule has 5 heteroatoms. The lowest BCUT2D eigenvalue weighted by molar-refractivity contribution is -0.124. The van der Waals surface area contributed by atoms with Crippen LogP contribution in [-0.2, 0) is 11.2 Å². The van der Waals surface area contributed by atoms with Gasteiger partial charge in [-0.1, -0.05) is 31.2 Å². The maximum atomic E-state index is 12.2. The minimum Gasteiger partial charge on any atom is -0.386 e. The summed E-state index contributed by atoms with van der Waals surface area (Å²) in [5.74, 6) is -0.109. The first-order valence-electron chi connectivity index (χ1n) is 7.60. The second-order valence-corrected chi connectivity index (χ2v) is 7.78. The summed E-state index contributed by atoms with van der Waals surface area (Å²) >= 11 is 3.23. The largest absolute Gasteiger partial charge is 0.386 e. The van der Waals surface area contributed by atoms with Crippen LogP contribution in [0.1, 0.15) is 22.8 Å². The van der Waals surface area contributed by atoms with Crippen LogP contribution in [0.4, 0.5) is 0 Å². The van der Waals surface area contributed by atoms with Gasteiger partial charge in [-0.25, -0.2) is 0 Å². The summed E-state index contributed by atoms with van der Waals surface area (Å²) in [7, 11) is 0. The van der Waals surface area contributed by atoms with Crippen LogP contribution in [0.5, 0.6) is 0 Å². The molecule has 0 aliphatic rings. The first-order valence-corrected chi connectivity index (χ1v) is 9.29. The van der Waals surface area contributed by atoms with E-state index in [1.807, 2.05) is 54.8 Å². The molecule has 120 valence electrons. The molecule has 1 aromatic carbocycles. The lowest BCUT2D eigenvalue weighted by Gasteiger charge is -2.14. The average molecular weight is 345 g/mol. The van der Waals surface area contributed by atoms with Gasteiger partial charge < -0.3 is 10.4 Å². The SMILES string of the molecule is CC(Cc1cccs1)C(=O)NCC(O)c1cc2ccccc2s1. The lowest BCUT2D eigenvalue weighted by Crippen LogP contribution is -2.33. The second-order valence-electron chi connectivity index (χ2n) is 5.63. The fourth-order valence-corrected chi connectivity index (χ4v) is 4.35. The van der Waals surface area contributed by atoms with Crippen molar-refractivity contribution in [3.63, 3.8) is 0 Å². The Bertz CT molecular complexity index is 746. The number of carbonyl (C=O) groups is 1. The van der Waals surface area contributed by atoms with E-state index in [4.69, 9.17) is 0 Å². The van der Waals surface area contributed by atoms with Gasteiger partial charge in [0, 0.05) is 26.9 Å². The Balaban J connectivity index is 1.55. The van der Waals surface area contributed by atoms with Gasteiger partial charge in [0.2, 0.25) is 5.91 Å². The first-order chi connectivity index (χ1) is 11.1. The predicted molar refractivity (Wildman–Crippen MR) is 97.0 cm³/mol. The highest BCUT2D eigenvalue weighted by Gasteiger charge is 2.17. The summed E-state index contributed by atoms with van der Waals surface area (Å²) in [6.07, 6.45) is 0.0768. The Hall–Kier alpha value is -1.69. The molecule has 0 bridgehead atoms. The summed E-state index contributed by atoms with van der Waals surface area (Å²) in [6, 6.07) is 14.1. The normalized spacial score (nSPS) is 13.8. The average Bonchev–Trinajstić information content (AvgIpc) is 3.20. The minimum atomic E-state index is -0.662. The van der Waals surface area contributed by atoms with Crippen LogP contribution in [0.15, 0.2) is 47.8 Å². The summed E-state index contributed by atoms with van der Waals surface area (Å²) in [5, 5.41) is 16.3. The Labute approximate surface area is 143 Å². The molecule has 0 saturated heterocycles. The standard InChI is InChI=1S/C18H19NO2S2/c1-12(9-14-6-4-8-22-14)18(21)19-11-15(20)17-10-13-5-2-3-7-16(13)23-17/h2-8,10,12,15,20H,9,11H2,1H3,(H,19,21). The zero-order valence-electron chi connectivity index (χ0n) is 12.9. The van der Waals surface area contributed by atoms with Gasteiger partial charge in [0.1, 0.15) is 6.10 Å². The van der Waals surface area contributed by atoms with Crippen LogP contribution in [0.25, 0.3) is 10.1 Å². The van der Waals surface area contributed by atoms with E-state index in [9.17, 15) is 9.90 Å². The fraction of sp³-hybridized carbons (Fsp3) is 0.278. The van der Waals surface area contributed by atoms with Crippen molar-refractivity contribution in [2.75, 3.05) is 6.54 Å². The maximum absolute atomic E-state index is 12.2. The Morgan fingerprint density at radius 3 is 2.83 bits per heavy atom. The molecule has 23 heavy (non-hydrogen) atoms. The van der Waals surface area contributed by atoms with E-state index in [0.29, 0.717) is 0 Å². The second kappa shape index (κ2) is 7.25. The quantitative estimate of drug-likeness (QED) is 0.710. The van der Waals surface area contributed by atoms with Gasteiger partial charge in [0.15, 0.2) is 0 Å². The van der Waals surface area contributed by atoms with Crippen LogP contribution in [0.3, 0.4) is 0 Å². The number of benzene rings is 1. The third-order valence-electron chi connectivity index (χ3n) is 3.78. The third kappa shape index (κ3) is 3.99. The monoisotopic (exact) mass is 345 g/mol. The highest BCUT2D eigenvalue weighted by atomic mass is 32.1. The van der Waals surface area contributed by atoms with Crippen molar-refractivity contribution < 1.29 is 9.90 Å². The topological polar surface area (TPSA) is 49.3 Å². The number of hydrogen-bond donors (Lipinski definition) is 2. The van der Waals surface area contributed by atoms with Crippen molar-refractivity contribution in [1.29, 1.82) is 0 Å². The highest BCUT2D eigenvalue weighted by Crippen LogP contribution is 2.29. The number of thiophene rings is 2. The van der Waals surface area contributed by atoms with E-state index >= 15 is 0 Å². The van der Waals surface area contributed by atoms with Crippen LogP contribution >= 0.6 is 22.7 Å². The van der Waals surface area contributed by atoms with Crippen molar-refractivity contribution >= 4 is 38.7 Å². The summed E-state index contributed by atoms with van der Waals surface area (Å²) in [4.78, 5) is 14.3. The molecule has 2 heterocycles. The first kappa shape index (κ1) is 16.2. The number of fused-ring (bicyclic) bond motifs is 1. The number of hydrogen-bond acceptors (Lipinski definition) is 4. The van der Waals surface area contributed by atoms with Crippen LogP contribution in [0.2, 0.25) is 0 Å². The number of nitrogens with one attached hydrogen (secondary N) is 1. The fourth-order valence-electron chi connectivity index (χ4n) is 2.46. The minimum absolute atomic E-state index is 0.0152. The molecule has 3 nitrogen and oxygen atoms in total. The number of aliphatic hydroxyl groups is 1. The molecule has 2 atom stereocenters. The van der Waals surface area contributed by atoms with Crippen LogP contribution < -0.4 is 5.32 Å². The maximum Gasteiger partial charge on any atom is 0.223 e. The van der Waals surface area contributed by atoms with Crippen molar-refractivity contribution in [1.82, 2.24) is 5.32 Å². The van der Waals surface area contributed by atoms with E-state index in [-0.39, 0.29) is 18.4 Å². The zero-order chi connectivity index (χ0) is 16.2. The zero-order valence-corrected chi connectivity index (χ0v) is 14.5. The molecule has 2 aromatic heterocycles. The summed E-state index contributed by atoms with van der Waals surface area (Å²) < 4.78 is 1.15. The molecule has 1 amide bonds. The van der Waals surface area contributed by atoms with E-state index in [1.54, 1.807) is 22.7 Å². The van der Waals surface area contributed by atoms with Crippen LogP contribution in [0, 0.1) is 5.92 Å². The van der Waals surface area contributed by atoms with Gasteiger partial charge in [0.25, 0.3) is 0 Å². The Kier molecular flexibility index (Phi) is 5.10. The van der Waals surface area contributed by atoms with Gasteiger partial charge in [-0.2, -0.15) is 0 Å². The number of aliphatic hydroxyl groups excluding tert-OH is 1. The lowest BCUT2D eigenvalue weighted by atomic mass is 10.1. The molecule has 3 rings (SSSR count). The Morgan fingerprint density at radius 2 is 2.09 bits per heavy atom. The molecule has 0 fully saturated rings. The van der Waals surface area contributed by atoms with Gasteiger partial charge in [-0.05, 0) is 35.4 Å². The Morgan fingerprint density at radius 1 is 1.26 bits per heavy atom. The van der Waals surface area contributed by atoms with E-state index in [1.165, 1.54) is 4.88 Å². The summed E-state index contributed by atoms with van der Waals surface area (Å²) in [6.45, 7) is 2.17. The number of rotatable bonds is 6. The van der Waals surface area contributed by atoms with Crippen LogP contribution in [-0.4, -0.2) is 17.6 Å². The molecule has 0 saturated carbocycles. The van der Waals surface area contributed by atoms with Gasteiger partial charge in [-0.3, -0.25) is 4.79 Å². The molecule has 0 aliphatic carbocycles. The number of amides is 1. The van der Waals surface area contributed by atoms with Crippen molar-refractivity contribution in [2.45, 2.75) is 19.4 Å². The third-order valence-corrected chi connectivity index (χ3v) is 5.89. The van der Waals surface area contributed by atoms with Gasteiger partial charge >= 0.3 is 0 Å². The molecule has 3 aromatic rings. The van der Waals surface area contributed by atoms with Crippen molar-refractivity contribution in [3.8, 4) is 0 Å². The molecule has 2 unspecified atom stereocenters. The smallest absolute Gasteiger partial charge is 0.223 e. The molecule has 0 aliphatic heterocycles. The van der Waals surface area contributed by atoms with E-state index in [2.05, 4.69) is 5.32 Å². The molecule has 2 N–H and O–H groups in total. The van der Waals surface area contributed by atoms with Gasteiger partial charge in [-0.15, -0.1) is 22.7 Å². The van der Waals surface area contributed by atoms with Crippen molar-refractivity contribution in [3.05, 3.63) is 57.6 Å². The number of carbonyl (C=O) groups excluding carboxylic acids is 1. The van der Waals surface area contributed by atoms with E-state index in [0.717, 1.165) is 21.4 Å². The molecular weight excluding hydrogens is 326 g/mol. The van der Waals surface area contributed by atoms with Crippen molar-refractivity contribution in [2.24, 2.45) is 5.92 Å². The predicted octanol–water partition coefficient (Wildman–Crippen LogP) is 3.99.